The number of hydrogen-bond donors (Lipinski definition) is 7. The lowest BCUT2D eigenvalue weighted by Gasteiger charge is -2.08. The molecule has 0 bridgehead atoms. The lowest BCUT2D eigenvalue weighted by atomic mass is 11.1. The fourth-order valence-corrected chi connectivity index (χ4v) is 0.729. The molecule has 19 heteroatoms. The third-order valence-corrected chi connectivity index (χ3v) is 1.45. The Balaban J connectivity index is 3.87. The van der Waals surface area contributed by atoms with E-state index in [-0.39, 0.29) is 0 Å². The zero-order chi connectivity index (χ0) is 18.8. The number of hydroxylamine groups is 4. The summed E-state index contributed by atoms with van der Waals surface area (Å²) < 4.78 is 17.3. The summed E-state index contributed by atoms with van der Waals surface area (Å²) in [6.07, 6.45) is -7.95. The zero-order valence-electron chi connectivity index (χ0n) is 10.9. The summed E-state index contributed by atoms with van der Waals surface area (Å²) in [5.74, 6) is 0. The minimum Gasteiger partial charge on any atom is -0.357 e. The summed E-state index contributed by atoms with van der Waals surface area (Å²) in [4.78, 5) is 81.0. The van der Waals surface area contributed by atoms with E-state index in [4.69, 9.17) is 9.79 Å². The molecule has 0 atom stereocenters. The molecule has 0 saturated heterocycles. The topological polar surface area (TPSA) is 263 Å². The highest BCUT2D eigenvalue weighted by atomic mass is 31.2. The Morgan fingerprint density at radius 3 is 1.50 bits per heavy atom. The minimum atomic E-state index is -5.02. The van der Waals surface area contributed by atoms with Crippen LogP contribution in [0.2, 0.25) is 0 Å². The number of carbonyl (C=O) groups is 5. The number of amides is 5. The number of carbonyl (C=O) groups excluding carboxylic acids is 5. The van der Waals surface area contributed by atoms with Crippen molar-refractivity contribution in [3.63, 3.8) is 0 Å². The van der Waals surface area contributed by atoms with Crippen molar-refractivity contribution in [2.75, 3.05) is 0 Å². The highest BCUT2D eigenvalue weighted by Crippen LogP contribution is 2.33. The van der Waals surface area contributed by atoms with Crippen LogP contribution in [0.15, 0.2) is 0 Å². The third-order valence-electron chi connectivity index (χ3n) is 1.12. The van der Waals surface area contributed by atoms with Crippen molar-refractivity contribution in [3.05, 3.63) is 0 Å². The van der Waals surface area contributed by atoms with E-state index in [1.165, 1.54) is 16.4 Å². The van der Waals surface area contributed by atoms with Gasteiger partial charge in [-0.3, -0.25) is 0 Å². The van der Waals surface area contributed by atoms with Crippen molar-refractivity contribution in [2.24, 2.45) is 5.73 Å². The van der Waals surface area contributed by atoms with Gasteiger partial charge >= 0.3 is 38.3 Å². The highest BCUT2D eigenvalue weighted by Gasteiger charge is 2.18. The molecule has 5 amide bonds. The predicted octanol–water partition coefficient (Wildman–Crippen LogP) is -2.26. The molecule has 0 saturated carbocycles. The summed E-state index contributed by atoms with van der Waals surface area (Å²) in [6.45, 7) is 0. The molecule has 136 valence electrons. The molecule has 0 radical (unpaired) electrons. The maximum absolute atomic E-state index is 10.9. The molecule has 0 unspecified atom stereocenters. The summed E-state index contributed by atoms with van der Waals surface area (Å²) in [5.41, 5.74) is 9.24. The molecule has 24 heavy (non-hydrogen) atoms. The van der Waals surface area contributed by atoms with E-state index in [9.17, 15) is 28.5 Å². The van der Waals surface area contributed by atoms with Gasteiger partial charge in [-0.25, -0.2) is 28.5 Å². The van der Waals surface area contributed by atoms with Crippen LogP contribution in [-0.2, 0) is 28.4 Å². The van der Waals surface area contributed by atoms with Gasteiger partial charge in [0.05, 0.1) is 0 Å². The average Bonchev–Trinajstić information content (AvgIpc) is 2.45. The molecule has 0 aliphatic rings. The second kappa shape index (κ2) is 9.63. The fraction of sp³-hybridized carbons (Fsp3) is 0. The maximum Gasteiger partial charge on any atom is 0.491 e. The molecule has 0 aliphatic carbocycles. The molecule has 0 aromatic carbocycles. The second-order valence-electron chi connectivity index (χ2n) is 2.87. The zero-order valence-corrected chi connectivity index (χ0v) is 11.8. The number of hydrogen-bond acceptors (Lipinski definition) is 11. The van der Waals surface area contributed by atoms with Crippen LogP contribution in [-0.4, -0.2) is 40.3 Å². The van der Waals surface area contributed by atoms with Crippen LogP contribution in [0.25, 0.3) is 0 Å². The Morgan fingerprint density at radius 2 is 1.12 bits per heavy atom. The molecule has 0 aliphatic heterocycles. The standard InChI is InChI=1S/C5H8N5O13P/c6-1(11)19-2(12)7-20-3(13)8-21-4(14)9-22-5(15)10-23-24(16,17)18/h(H2,6,11)(H,7,12)(H,8,13)(H,9,14)(H,10,15)(H2,16,17,18). The molecule has 8 N–H and O–H groups in total. The van der Waals surface area contributed by atoms with Gasteiger partial charge in [0.1, 0.15) is 0 Å². The smallest absolute Gasteiger partial charge is 0.357 e. The summed E-state index contributed by atoms with van der Waals surface area (Å²) in [6, 6.07) is 0. The van der Waals surface area contributed by atoms with E-state index in [1.807, 2.05) is 0 Å². The van der Waals surface area contributed by atoms with Crippen LogP contribution in [0.3, 0.4) is 0 Å². The van der Waals surface area contributed by atoms with Crippen molar-refractivity contribution in [1.82, 2.24) is 21.9 Å². The number of rotatable bonds is 2. The highest BCUT2D eigenvalue weighted by molar-refractivity contribution is 7.46. The van der Waals surface area contributed by atoms with Gasteiger partial charge in [-0.1, -0.05) is 0 Å². The Bertz CT molecular complexity index is 557. The van der Waals surface area contributed by atoms with Gasteiger partial charge in [0.15, 0.2) is 0 Å². The van der Waals surface area contributed by atoms with E-state index in [0.717, 1.165) is 5.48 Å². The predicted molar refractivity (Wildman–Crippen MR) is 61.2 cm³/mol. The van der Waals surface area contributed by atoms with Crippen molar-refractivity contribution in [2.45, 2.75) is 0 Å². The minimum absolute atomic E-state index is 1.09. The number of nitrogens with one attached hydrogen (secondary N) is 4. The van der Waals surface area contributed by atoms with Gasteiger partial charge in [0, 0.05) is 0 Å². The van der Waals surface area contributed by atoms with Crippen molar-refractivity contribution in [1.29, 1.82) is 0 Å². The van der Waals surface area contributed by atoms with Gasteiger partial charge in [-0.15, -0.1) is 16.4 Å². The van der Waals surface area contributed by atoms with Crippen molar-refractivity contribution < 1.29 is 62.2 Å². The second-order valence-corrected chi connectivity index (χ2v) is 4.03. The van der Waals surface area contributed by atoms with E-state index in [0.29, 0.717) is 0 Å². The summed E-state index contributed by atoms with van der Waals surface area (Å²) in [7, 11) is -5.02. The van der Waals surface area contributed by atoms with E-state index >= 15 is 0 Å². The Hall–Kier alpha value is -3.34. The molecular weight excluding hydrogens is 369 g/mol. The lowest BCUT2D eigenvalue weighted by molar-refractivity contribution is 0.0101. The first-order chi connectivity index (χ1) is 11.0. The molecular formula is C5H8N5O13P. The van der Waals surface area contributed by atoms with Gasteiger partial charge in [-0.2, -0.15) is 10.1 Å². The Labute approximate surface area is 129 Å². The molecule has 0 heterocycles. The van der Waals surface area contributed by atoms with Crippen LogP contribution >= 0.6 is 7.82 Å². The number of primary amides is 1. The van der Waals surface area contributed by atoms with Crippen LogP contribution in [0.1, 0.15) is 0 Å². The monoisotopic (exact) mass is 377 g/mol. The summed E-state index contributed by atoms with van der Waals surface area (Å²) in [5, 5.41) is 0. The number of nitrogens with two attached hydrogens (primary N) is 1. The third kappa shape index (κ3) is 12.4. The van der Waals surface area contributed by atoms with Crippen molar-refractivity contribution in [3.8, 4) is 0 Å². The number of ether oxygens (including phenoxy) is 1. The van der Waals surface area contributed by atoms with E-state index < -0.39 is 38.3 Å². The van der Waals surface area contributed by atoms with Gasteiger partial charge in [-0.05, 0) is 0 Å². The lowest BCUT2D eigenvalue weighted by Crippen LogP contribution is -2.40. The van der Waals surface area contributed by atoms with E-state index in [2.05, 4.69) is 29.6 Å². The Kier molecular flexibility index (Phi) is 8.29. The SMILES string of the molecule is NC(=O)OC(=O)NOC(=O)NOC(=O)NOC(=O)NOP(=O)(O)O. The molecule has 0 spiro atoms. The van der Waals surface area contributed by atoms with Crippen LogP contribution < -0.4 is 27.7 Å². The molecule has 0 aromatic rings. The van der Waals surface area contributed by atoms with Crippen LogP contribution in [0.5, 0.6) is 0 Å². The molecule has 18 nitrogen and oxygen atoms in total. The Morgan fingerprint density at radius 1 is 0.750 bits per heavy atom. The van der Waals surface area contributed by atoms with Crippen LogP contribution in [0.4, 0.5) is 24.0 Å². The number of phosphoric acid groups is 1. The molecule has 0 fully saturated rings. The first-order valence-electron chi connectivity index (χ1n) is 4.91. The first kappa shape index (κ1) is 20.7. The fourth-order valence-electron chi connectivity index (χ4n) is 0.535. The molecule has 0 rings (SSSR count). The normalized spacial score (nSPS) is 9.75. The van der Waals surface area contributed by atoms with Gasteiger partial charge in [0.25, 0.3) is 0 Å². The average molecular weight is 377 g/mol. The molecule has 0 aromatic heterocycles. The van der Waals surface area contributed by atoms with Gasteiger partial charge < -0.3 is 34.8 Å². The van der Waals surface area contributed by atoms with E-state index in [1.54, 1.807) is 0 Å². The van der Waals surface area contributed by atoms with Crippen LogP contribution in [0, 0.1) is 0 Å². The quantitative estimate of drug-likeness (QED) is 0.116. The summed E-state index contributed by atoms with van der Waals surface area (Å²) >= 11 is 0. The first-order valence-corrected chi connectivity index (χ1v) is 6.44. The largest absolute Gasteiger partial charge is 0.491 e. The maximum atomic E-state index is 10.9. The van der Waals surface area contributed by atoms with Gasteiger partial charge in [0.2, 0.25) is 0 Å². The van der Waals surface area contributed by atoms with Crippen molar-refractivity contribution >= 4 is 38.3 Å².